The Morgan fingerprint density at radius 1 is 1.47 bits per heavy atom. The maximum Gasteiger partial charge on any atom is 0.243 e. The summed E-state index contributed by atoms with van der Waals surface area (Å²) in [5.41, 5.74) is 6.16. The molecule has 1 atom stereocenters. The van der Waals surface area contributed by atoms with Crippen molar-refractivity contribution in [1.29, 1.82) is 0 Å². The number of fused-ring (bicyclic) bond motifs is 1. The molecule has 0 aliphatic carbocycles. The molecule has 94 valence electrons. The van der Waals surface area contributed by atoms with E-state index in [9.17, 15) is 13.6 Å². The van der Waals surface area contributed by atoms with Gasteiger partial charge in [0.1, 0.15) is 11.6 Å². The van der Waals surface area contributed by atoms with Crippen LogP contribution in [0.5, 0.6) is 0 Å². The summed E-state index contributed by atoms with van der Waals surface area (Å²) in [5, 5.41) is 0. The number of benzene rings is 1. The van der Waals surface area contributed by atoms with Crippen molar-refractivity contribution in [3.63, 3.8) is 0 Å². The van der Waals surface area contributed by atoms with Gasteiger partial charge >= 0.3 is 0 Å². The first-order valence-corrected chi connectivity index (χ1v) is 5.05. The third kappa shape index (κ3) is 2.40. The minimum Gasteiger partial charge on any atom is -0.320 e. The summed E-state index contributed by atoms with van der Waals surface area (Å²) in [6.45, 7) is 1.91. The maximum atomic E-state index is 13.4. The molecule has 0 bridgehead atoms. The van der Waals surface area contributed by atoms with E-state index in [1.165, 1.54) is 11.0 Å². The van der Waals surface area contributed by atoms with Crippen LogP contribution in [0.25, 0.3) is 0 Å². The lowest BCUT2D eigenvalue weighted by atomic mass is 10.1. The number of hydrogen-bond acceptors (Lipinski definition) is 2. The van der Waals surface area contributed by atoms with Gasteiger partial charge in [0, 0.05) is 18.2 Å². The Hall–Kier alpha value is -1.20. The van der Waals surface area contributed by atoms with Crippen molar-refractivity contribution in [2.24, 2.45) is 5.73 Å². The number of amides is 1. The highest BCUT2D eigenvalue weighted by atomic mass is 35.5. The predicted octanol–water partition coefficient (Wildman–Crippen LogP) is 1.62. The van der Waals surface area contributed by atoms with E-state index in [1.807, 2.05) is 0 Å². The van der Waals surface area contributed by atoms with E-state index in [2.05, 4.69) is 0 Å². The van der Waals surface area contributed by atoms with Crippen LogP contribution in [-0.2, 0) is 11.2 Å². The van der Waals surface area contributed by atoms with E-state index in [0.29, 0.717) is 24.2 Å². The van der Waals surface area contributed by atoms with Gasteiger partial charge in [-0.2, -0.15) is 0 Å². The van der Waals surface area contributed by atoms with E-state index >= 15 is 0 Å². The van der Waals surface area contributed by atoms with Crippen LogP contribution in [0.4, 0.5) is 14.5 Å². The molecule has 0 aromatic heterocycles. The monoisotopic (exact) mass is 262 g/mol. The van der Waals surface area contributed by atoms with Gasteiger partial charge in [-0.15, -0.1) is 12.4 Å². The van der Waals surface area contributed by atoms with Crippen LogP contribution in [0, 0.1) is 11.6 Å². The SMILES string of the molecule is C[C@@H](N)C(=O)N1CCc2c(F)cc(F)cc21.Cl. The molecule has 1 heterocycles. The van der Waals surface area contributed by atoms with Crippen molar-refractivity contribution >= 4 is 24.0 Å². The molecule has 1 amide bonds. The number of carbonyl (C=O) groups excluding carboxylic acids is 1. The average Bonchev–Trinajstić information content (AvgIpc) is 2.60. The molecule has 0 saturated carbocycles. The molecular weight excluding hydrogens is 250 g/mol. The molecule has 2 rings (SSSR count). The van der Waals surface area contributed by atoms with Gasteiger partial charge in [-0.25, -0.2) is 8.78 Å². The Bertz CT molecular complexity index is 451. The predicted molar refractivity (Wildman–Crippen MR) is 63.3 cm³/mol. The Balaban J connectivity index is 0.00000144. The van der Waals surface area contributed by atoms with E-state index in [1.54, 1.807) is 6.92 Å². The Morgan fingerprint density at radius 3 is 2.71 bits per heavy atom. The summed E-state index contributed by atoms with van der Waals surface area (Å²) in [4.78, 5) is 13.0. The molecule has 1 aliphatic rings. The van der Waals surface area contributed by atoms with Crippen molar-refractivity contribution in [2.45, 2.75) is 19.4 Å². The summed E-state index contributed by atoms with van der Waals surface area (Å²) in [6, 6.07) is 1.34. The van der Waals surface area contributed by atoms with E-state index in [4.69, 9.17) is 5.73 Å². The van der Waals surface area contributed by atoms with Crippen LogP contribution in [-0.4, -0.2) is 18.5 Å². The molecule has 0 radical (unpaired) electrons. The van der Waals surface area contributed by atoms with Crippen LogP contribution in [0.1, 0.15) is 12.5 Å². The molecule has 2 N–H and O–H groups in total. The second-order valence-corrected chi connectivity index (χ2v) is 3.91. The fourth-order valence-electron chi connectivity index (χ4n) is 1.90. The Morgan fingerprint density at radius 2 is 2.12 bits per heavy atom. The fourth-order valence-corrected chi connectivity index (χ4v) is 1.90. The molecule has 1 aliphatic heterocycles. The first kappa shape index (κ1) is 13.9. The zero-order valence-corrected chi connectivity index (χ0v) is 10.1. The molecular formula is C11H13ClF2N2O. The highest BCUT2D eigenvalue weighted by Gasteiger charge is 2.29. The van der Waals surface area contributed by atoms with Gasteiger partial charge in [-0.05, 0) is 19.4 Å². The van der Waals surface area contributed by atoms with Gasteiger partial charge < -0.3 is 10.6 Å². The number of anilines is 1. The second-order valence-electron chi connectivity index (χ2n) is 3.91. The Labute approximate surface area is 104 Å². The topological polar surface area (TPSA) is 46.3 Å². The molecule has 0 unspecified atom stereocenters. The van der Waals surface area contributed by atoms with Gasteiger partial charge in [0.25, 0.3) is 0 Å². The van der Waals surface area contributed by atoms with Crippen LogP contribution in [0.2, 0.25) is 0 Å². The number of nitrogens with zero attached hydrogens (tertiary/aromatic N) is 1. The average molecular weight is 263 g/mol. The third-order valence-corrected chi connectivity index (χ3v) is 2.67. The number of hydrogen-bond donors (Lipinski definition) is 1. The van der Waals surface area contributed by atoms with E-state index < -0.39 is 17.7 Å². The molecule has 0 fully saturated rings. The summed E-state index contributed by atoms with van der Waals surface area (Å²) in [5.74, 6) is -1.60. The van der Waals surface area contributed by atoms with Crippen LogP contribution >= 0.6 is 12.4 Å². The van der Waals surface area contributed by atoms with Gasteiger partial charge in [0.2, 0.25) is 5.91 Å². The largest absolute Gasteiger partial charge is 0.320 e. The summed E-state index contributed by atoms with van der Waals surface area (Å²) >= 11 is 0. The first-order chi connectivity index (χ1) is 7.50. The first-order valence-electron chi connectivity index (χ1n) is 5.05. The molecule has 1 aromatic rings. The highest BCUT2D eigenvalue weighted by Crippen LogP contribution is 2.31. The minimum absolute atomic E-state index is 0. The third-order valence-electron chi connectivity index (χ3n) is 2.67. The lowest BCUT2D eigenvalue weighted by molar-refractivity contribution is -0.119. The van der Waals surface area contributed by atoms with Crippen molar-refractivity contribution in [3.8, 4) is 0 Å². The number of rotatable bonds is 1. The molecule has 3 nitrogen and oxygen atoms in total. The quantitative estimate of drug-likeness (QED) is 0.836. The summed E-state index contributed by atoms with van der Waals surface area (Å²) in [7, 11) is 0. The van der Waals surface area contributed by atoms with Gasteiger partial charge in [-0.1, -0.05) is 0 Å². The van der Waals surface area contributed by atoms with E-state index in [0.717, 1.165) is 6.07 Å². The molecule has 0 saturated heterocycles. The molecule has 0 spiro atoms. The van der Waals surface area contributed by atoms with Gasteiger partial charge in [0.15, 0.2) is 0 Å². The smallest absolute Gasteiger partial charge is 0.243 e. The zero-order chi connectivity index (χ0) is 11.9. The normalized spacial score (nSPS) is 15.2. The standard InChI is InChI=1S/C11H12F2N2O.ClH/c1-6(14)11(16)15-3-2-8-9(13)4-7(12)5-10(8)15;/h4-6H,2-3,14H2,1H3;1H/t6-;/m1./s1. The molecule has 1 aromatic carbocycles. The van der Waals surface area contributed by atoms with Crippen LogP contribution in [0.15, 0.2) is 12.1 Å². The van der Waals surface area contributed by atoms with Crippen molar-refractivity contribution in [2.75, 3.05) is 11.4 Å². The van der Waals surface area contributed by atoms with Crippen LogP contribution < -0.4 is 10.6 Å². The Kier molecular flexibility index (Phi) is 4.06. The maximum absolute atomic E-state index is 13.4. The minimum atomic E-state index is -0.680. The van der Waals surface area contributed by atoms with Crippen molar-refractivity contribution in [3.05, 3.63) is 29.3 Å². The van der Waals surface area contributed by atoms with E-state index in [-0.39, 0.29) is 18.3 Å². The number of carbonyl (C=O) groups is 1. The van der Waals surface area contributed by atoms with Crippen molar-refractivity contribution < 1.29 is 13.6 Å². The summed E-state index contributed by atoms with van der Waals surface area (Å²) < 4.78 is 26.4. The lowest BCUT2D eigenvalue weighted by Gasteiger charge is -2.19. The summed E-state index contributed by atoms with van der Waals surface area (Å²) in [6.07, 6.45) is 0.403. The lowest BCUT2D eigenvalue weighted by Crippen LogP contribution is -2.41. The molecule has 17 heavy (non-hydrogen) atoms. The van der Waals surface area contributed by atoms with Crippen molar-refractivity contribution in [1.82, 2.24) is 0 Å². The van der Waals surface area contributed by atoms with Gasteiger partial charge in [-0.3, -0.25) is 4.79 Å². The van der Waals surface area contributed by atoms with Crippen LogP contribution in [0.3, 0.4) is 0 Å². The second kappa shape index (κ2) is 4.98. The highest BCUT2D eigenvalue weighted by molar-refractivity contribution is 5.98. The van der Waals surface area contributed by atoms with Gasteiger partial charge in [0.05, 0.1) is 11.7 Å². The number of halogens is 3. The number of nitrogens with two attached hydrogens (primary N) is 1. The zero-order valence-electron chi connectivity index (χ0n) is 9.24. The molecule has 6 heteroatoms. The fraction of sp³-hybridized carbons (Fsp3) is 0.364.